The molecule has 0 atom stereocenters. The van der Waals surface area contributed by atoms with E-state index in [4.69, 9.17) is 4.74 Å². The van der Waals surface area contributed by atoms with Crippen molar-refractivity contribution in [1.29, 1.82) is 0 Å². The highest BCUT2D eigenvalue weighted by atomic mass is 16.5. The Hall–Kier alpha value is -2.44. The molecule has 174 valence electrons. The standard InChI is InChI=1S/C25H36N4O3/c1-32-22-5-3-2-4-21(22)28-8-10-29(11-9-28)23(30)6-7-26-24(31)27-25-15-18-12-19(16-25)14-20(13-18)17-25/h2-5,18-20H,6-17H2,1H3,(H2,26,27,31). The van der Waals surface area contributed by atoms with Gasteiger partial charge in [-0.3, -0.25) is 4.79 Å². The smallest absolute Gasteiger partial charge is 0.315 e. The van der Waals surface area contributed by atoms with Crippen LogP contribution in [0.15, 0.2) is 24.3 Å². The first-order chi connectivity index (χ1) is 15.5. The van der Waals surface area contributed by atoms with Gasteiger partial charge in [-0.1, -0.05) is 12.1 Å². The number of urea groups is 1. The Kier molecular flexibility index (Phi) is 5.91. The quantitative estimate of drug-likeness (QED) is 0.713. The minimum absolute atomic E-state index is 0.0116. The number of para-hydroxylation sites is 2. The largest absolute Gasteiger partial charge is 0.495 e. The van der Waals surface area contributed by atoms with Crippen LogP contribution in [0.4, 0.5) is 10.5 Å². The molecular weight excluding hydrogens is 404 g/mol. The van der Waals surface area contributed by atoms with Gasteiger partial charge >= 0.3 is 6.03 Å². The maximum absolute atomic E-state index is 12.7. The monoisotopic (exact) mass is 440 g/mol. The third-order valence-electron chi connectivity index (χ3n) is 8.10. The Morgan fingerprint density at radius 3 is 2.25 bits per heavy atom. The zero-order valence-corrected chi connectivity index (χ0v) is 19.1. The van der Waals surface area contributed by atoms with Crippen LogP contribution in [-0.4, -0.2) is 62.2 Å². The van der Waals surface area contributed by atoms with E-state index in [9.17, 15) is 9.59 Å². The zero-order chi connectivity index (χ0) is 22.1. The minimum Gasteiger partial charge on any atom is -0.495 e. The molecule has 5 fully saturated rings. The van der Waals surface area contributed by atoms with Gasteiger partial charge in [0.2, 0.25) is 5.91 Å². The zero-order valence-electron chi connectivity index (χ0n) is 19.1. The molecule has 32 heavy (non-hydrogen) atoms. The van der Waals surface area contributed by atoms with Crippen LogP contribution in [-0.2, 0) is 4.79 Å². The average molecular weight is 441 g/mol. The number of nitrogens with one attached hydrogen (secondary N) is 2. The van der Waals surface area contributed by atoms with Crippen molar-refractivity contribution in [2.24, 2.45) is 17.8 Å². The number of carbonyl (C=O) groups is 2. The number of benzene rings is 1. The predicted molar refractivity (Wildman–Crippen MR) is 124 cm³/mol. The molecule has 0 spiro atoms. The van der Waals surface area contributed by atoms with Crippen molar-refractivity contribution in [3.8, 4) is 5.75 Å². The second-order valence-corrected chi connectivity index (χ2v) is 10.4. The number of nitrogens with zero attached hydrogens (tertiary/aromatic N) is 2. The molecule has 7 heteroatoms. The van der Waals surface area contributed by atoms with Crippen LogP contribution in [0.25, 0.3) is 0 Å². The molecule has 1 aliphatic heterocycles. The molecule has 4 bridgehead atoms. The van der Waals surface area contributed by atoms with Crippen LogP contribution >= 0.6 is 0 Å². The Balaban J connectivity index is 1.05. The lowest BCUT2D eigenvalue weighted by atomic mass is 9.53. The van der Waals surface area contributed by atoms with Crippen LogP contribution < -0.4 is 20.3 Å². The van der Waals surface area contributed by atoms with Crippen molar-refractivity contribution in [1.82, 2.24) is 15.5 Å². The van der Waals surface area contributed by atoms with E-state index in [0.717, 1.165) is 61.5 Å². The Morgan fingerprint density at radius 1 is 1.00 bits per heavy atom. The molecule has 0 unspecified atom stereocenters. The lowest BCUT2D eigenvalue weighted by molar-refractivity contribution is -0.131. The molecule has 0 radical (unpaired) electrons. The molecule has 6 rings (SSSR count). The van der Waals surface area contributed by atoms with E-state index in [1.54, 1.807) is 7.11 Å². The van der Waals surface area contributed by atoms with Gasteiger partial charge in [0.15, 0.2) is 0 Å². The number of hydrogen-bond acceptors (Lipinski definition) is 4. The fourth-order valence-corrected chi connectivity index (χ4v) is 7.08. The summed E-state index contributed by atoms with van der Waals surface area (Å²) < 4.78 is 5.47. The van der Waals surface area contributed by atoms with E-state index in [1.807, 2.05) is 23.1 Å². The molecule has 2 N–H and O–H groups in total. The molecule has 1 saturated heterocycles. The number of carbonyl (C=O) groups excluding carboxylic acids is 2. The average Bonchev–Trinajstić information content (AvgIpc) is 2.78. The Bertz CT molecular complexity index is 814. The van der Waals surface area contributed by atoms with Crippen LogP contribution in [0.3, 0.4) is 0 Å². The van der Waals surface area contributed by atoms with Crippen molar-refractivity contribution >= 4 is 17.6 Å². The molecule has 4 aliphatic carbocycles. The van der Waals surface area contributed by atoms with Gasteiger partial charge in [0.1, 0.15) is 5.75 Å². The fourth-order valence-electron chi connectivity index (χ4n) is 7.08. The Morgan fingerprint density at radius 2 is 1.62 bits per heavy atom. The molecular formula is C25H36N4O3. The number of ether oxygens (including phenoxy) is 1. The third-order valence-corrected chi connectivity index (χ3v) is 8.10. The second-order valence-electron chi connectivity index (χ2n) is 10.4. The lowest BCUT2D eigenvalue weighted by Crippen LogP contribution is -2.61. The van der Waals surface area contributed by atoms with Crippen LogP contribution in [0, 0.1) is 17.8 Å². The van der Waals surface area contributed by atoms with Gasteiger partial charge in [0.05, 0.1) is 12.8 Å². The molecule has 1 aromatic rings. The van der Waals surface area contributed by atoms with E-state index < -0.39 is 0 Å². The summed E-state index contributed by atoms with van der Waals surface area (Å²) in [6, 6.07) is 7.90. The highest BCUT2D eigenvalue weighted by Gasteiger charge is 2.51. The number of anilines is 1. The molecule has 1 aromatic carbocycles. The van der Waals surface area contributed by atoms with Gasteiger partial charge in [-0.2, -0.15) is 0 Å². The molecule has 1 heterocycles. The van der Waals surface area contributed by atoms with Gasteiger partial charge in [-0.05, 0) is 68.4 Å². The molecule has 3 amide bonds. The third kappa shape index (κ3) is 4.39. The number of rotatable bonds is 6. The highest BCUT2D eigenvalue weighted by molar-refractivity contribution is 5.79. The summed E-state index contributed by atoms with van der Waals surface area (Å²) in [5.41, 5.74) is 1.09. The summed E-state index contributed by atoms with van der Waals surface area (Å²) in [5.74, 6) is 3.38. The van der Waals surface area contributed by atoms with E-state index in [-0.39, 0.29) is 17.5 Å². The highest BCUT2D eigenvalue weighted by Crippen LogP contribution is 2.55. The molecule has 4 saturated carbocycles. The fraction of sp³-hybridized carbons (Fsp3) is 0.680. The van der Waals surface area contributed by atoms with Gasteiger partial charge < -0.3 is 25.2 Å². The van der Waals surface area contributed by atoms with E-state index in [1.165, 1.54) is 19.3 Å². The summed E-state index contributed by atoms with van der Waals surface area (Å²) in [6.45, 7) is 3.34. The predicted octanol–water partition coefficient (Wildman–Crippen LogP) is 3.00. The summed E-state index contributed by atoms with van der Waals surface area (Å²) in [5, 5.41) is 6.27. The van der Waals surface area contributed by atoms with Gasteiger partial charge in [0.25, 0.3) is 0 Å². The number of amides is 3. The maximum Gasteiger partial charge on any atom is 0.315 e. The molecule has 5 aliphatic rings. The van der Waals surface area contributed by atoms with Crippen molar-refractivity contribution in [2.75, 3.05) is 44.7 Å². The van der Waals surface area contributed by atoms with E-state index in [0.29, 0.717) is 26.1 Å². The normalized spacial score (nSPS) is 30.8. The van der Waals surface area contributed by atoms with Crippen molar-refractivity contribution < 1.29 is 14.3 Å². The first kappa shape index (κ1) is 21.4. The van der Waals surface area contributed by atoms with E-state index in [2.05, 4.69) is 21.6 Å². The summed E-state index contributed by atoms with van der Waals surface area (Å²) in [6.07, 6.45) is 7.86. The first-order valence-electron chi connectivity index (χ1n) is 12.3. The van der Waals surface area contributed by atoms with Gasteiger partial charge in [-0.25, -0.2) is 4.79 Å². The summed E-state index contributed by atoms with van der Waals surface area (Å²) >= 11 is 0. The minimum atomic E-state index is -0.0965. The summed E-state index contributed by atoms with van der Waals surface area (Å²) in [7, 11) is 1.69. The number of hydrogen-bond donors (Lipinski definition) is 2. The van der Waals surface area contributed by atoms with Gasteiger partial charge in [-0.15, -0.1) is 0 Å². The van der Waals surface area contributed by atoms with Crippen LogP contribution in [0.2, 0.25) is 0 Å². The number of methoxy groups -OCH3 is 1. The van der Waals surface area contributed by atoms with E-state index >= 15 is 0 Å². The Labute approximate surface area is 190 Å². The summed E-state index contributed by atoms with van der Waals surface area (Å²) in [4.78, 5) is 29.4. The maximum atomic E-state index is 12.7. The SMILES string of the molecule is COc1ccccc1N1CCN(C(=O)CCNC(=O)NC23CC4CC(CC(C4)C2)C3)CC1. The lowest BCUT2D eigenvalue weighted by Gasteiger charge is -2.56. The second kappa shape index (κ2) is 8.83. The van der Waals surface area contributed by atoms with Crippen molar-refractivity contribution in [3.63, 3.8) is 0 Å². The molecule has 0 aromatic heterocycles. The van der Waals surface area contributed by atoms with Crippen molar-refractivity contribution in [2.45, 2.75) is 50.5 Å². The first-order valence-corrected chi connectivity index (χ1v) is 12.3. The van der Waals surface area contributed by atoms with Gasteiger partial charge in [0, 0.05) is 44.7 Å². The molecule has 7 nitrogen and oxygen atoms in total. The number of piperazine rings is 1. The topological polar surface area (TPSA) is 73.9 Å². The van der Waals surface area contributed by atoms with Crippen molar-refractivity contribution in [3.05, 3.63) is 24.3 Å². The van der Waals surface area contributed by atoms with Crippen LogP contribution in [0.1, 0.15) is 44.9 Å². The van der Waals surface area contributed by atoms with Crippen LogP contribution in [0.5, 0.6) is 5.75 Å².